The molecule has 0 spiro atoms. The summed E-state index contributed by atoms with van der Waals surface area (Å²) in [4.78, 5) is 18.4. The molecule has 0 fully saturated rings. The molecule has 1 amide bonds. The number of aliphatic imine (C=N–C) groups is 1. The molecule has 156 valence electrons. The third kappa shape index (κ3) is 4.06. The summed E-state index contributed by atoms with van der Waals surface area (Å²) in [6.45, 7) is 5.68. The molecule has 3 N–H and O–H groups in total. The van der Waals surface area contributed by atoms with Crippen LogP contribution in [-0.4, -0.2) is 32.3 Å². The summed E-state index contributed by atoms with van der Waals surface area (Å²) >= 11 is 13.8. The van der Waals surface area contributed by atoms with Crippen molar-refractivity contribution in [3.8, 4) is 0 Å². The van der Waals surface area contributed by atoms with E-state index in [4.69, 9.17) is 28.9 Å². The van der Waals surface area contributed by atoms with Crippen LogP contribution >= 0.6 is 34.5 Å². The largest absolute Gasteiger partial charge is 0.386 e. The monoisotopic (exact) mass is 471 g/mol. The molecule has 0 saturated carbocycles. The van der Waals surface area contributed by atoms with Gasteiger partial charge in [0.2, 0.25) is 0 Å². The number of carbonyl (C=O) groups excluding carboxylic acids is 1. The fourth-order valence-corrected chi connectivity index (χ4v) is 6.87. The molecule has 5 nitrogen and oxygen atoms in total. The molecule has 2 heterocycles. The SMILES string of the molecule is C=S1(=O)C[C@@](C)(c2sc(C(=O)NCc3ccccc3Cl)cc2Cl)N=C(N)C1(C)C. The minimum atomic E-state index is -2.57. The van der Waals surface area contributed by atoms with E-state index < -0.39 is 19.8 Å². The Hall–Kier alpha value is -1.54. The maximum atomic E-state index is 13.2. The first kappa shape index (κ1) is 22.2. The highest BCUT2D eigenvalue weighted by molar-refractivity contribution is 8.02. The normalized spacial score (nSPS) is 26.0. The van der Waals surface area contributed by atoms with Gasteiger partial charge in [0, 0.05) is 17.3 Å². The molecule has 1 aliphatic heterocycles. The van der Waals surface area contributed by atoms with Crippen LogP contribution in [0.25, 0.3) is 0 Å². The lowest BCUT2D eigenvalue weighted by Crippen LogP contribution is -2.54. The standard InChI is InChI=1S/C20H23Cl2N3O2S2/c1-19(2)18(23)25-20(3,11-29(19,4)27)16-14(22)9-15(28-16)17(26)24-10-12-7-5-6-8-13(12)21/h5-9H,4,10-11H2,1-3H3,(H2,23,25)(H,24,26)/t20-,29?/m0/s1. The van der Waals surface area contributed by atoms with E-state index in [1.54, 1.807) is 26.0 Å². The lowest BCUT2D eigenvalue weighted by atomic mass is 10.0. The number of rotatable bonds is 4. The Morgan fingerprint density at radius 2 is 1.97 bits per heavy atom. The van der Waals surface area contributed by atoms with Crippen LogP contribution in [-0.2, 0) is 21.6 Å². The molecule has 2 atom stereocenters. The number of amides is 1. The van der Waals surface area contributed by atoms with E-state index in [1.807, 2.05) is 25.1 Å². The molecular formula is C20H23Cl2N3O2S2. The Kier molecular flexibility index (Phi) is 5.82. The molecule has 1 aromatic heterocycles. The molecule has 1 unspecified atom stereocenters. The smallest absolute Gasteiger partial charge is 0.261 e. The van der Waals surface area contributed by atoms with Crippen LogP contribution in [0.3, 0.4) is 0 Å². The maximum Gasteiger partial charge on any atom is 0.261 e. The molecule has 0 radical (unpaired) electrons. The zero-order valence-electron chi connectivity index (χ0n) is 16.4. The van der Waals surface area contributed by atoms with Gasteiger partial charge in [0.15, 0.2) is 0 Å². The fourth-order valence-electron chi connectivity index (χ4n) is 3.13. The van der Waals surface area contributed by atoms with E-state index in [0.29, 0.717) is 26.3 Å². The summed E-state index contributed by atoms with van der Waals surface area (Å²) < 4.78 is 12.4. The van der Waals surface area contributed by atoms with E-state index in [2.05, 4.69) is 16.2 Å². The number of nitrogens with one attached hydrogen (secondary N) is 1. The molecule has 0 aliphatic carbocycles. The Morgan fingerprint density at radius 1 is 1.31 bits per heavy atom. The molecule has 2 aromatic rings. The van der Waals surface area contributed by atoms with Crippen LogP contribution in [0.15, 0.2) is 35.3 Å². The third-order valence-corrected chi connectivity index (χ3v) is 10.5. The van der Waals surface area contributed by atoms with Crippen LogP contribution in [0.2, 0.25) is 10.0 Å². The van der Waals surface area contributed by atoms with E-state index >= 15 is 0 Å². The predicted octanol–water partition coefficient (Wildman–Crippen LogP) is 4.07. The minimum absolute atomic E-state index is 0.203. The highest BCUT2D eigenvalue weighted by Crippen LogP contribution is 2.43. The van der Waals surface area contributed by atoms with E-state index in [-0.39, 0.29) is 17.5 Å². The lowest BCUT2D eigenvalue weighted by Gasteiger charge is -2.40. The Labute approximate surface area is 185 Å². The van der Waals surface area contributed by atoms with Gasteiger partial charge in [0.05, 0.1) is 19.5 Å². The van der Waals surface area contributed by atoms with E-state index in [1.165, 1.54) is 11.3 Å². The van der Waals surface area contributed by atoms with Crippen molar-refractivity contribution in [2.45, 2.75) is 37.6 Å². The molecule has 1 aliphatic rings. The van der Waals surface area contributed by atoms with Gasteiger partial charge in [-0.3, -0.25) is 14.0 Å². The maximum absolute atomic E-state index is 13.2. The quantitative estimate of drug-likeness (QED) is 0.658. The lowest BCUT2D eigenvalue weighted by molar-refractivity contribution is 0.0955. The van der Waals surface area contributed by atoms with Gasteiger partial charge in [-0.15, -0.1) is 11.3 Å². The number of hydrogen-bond acceptors (Lipinski definition) is 5. The number of hydrogen-bond donors (Lipinski definition) is 2. The second-order valence-corrected chi connectivity index (χ2v) is 12.6. The Bertz CT molecular complexity index is 1110. The van der Waals surface area contributed by atoms with Gasteiger partial charge in [-0.05, 0) is 53.9 Å². The van der Waals surface area contributed by atoms with Crippen molar-refractivity contribution in [3.05, 3.63) is 55.7 Å². The number of halogens is 2. The zero-order chi connectivity index (χ0) is 21.6. The fraction of sp³-hybridized carbons (Fsp3) is 0.350. The first-order chi connectivity index (χ1) is 13.4. The second-order valence-electron chi connectivity index (χ2n) is 7.80. The summed E-state index contributed by atoms with van der Waals surface area (Å²) in [5.41, 5.74) is 6.06. The number of benzene rings is 1. The molecular weight excluding hydrogens is 449 g/mol. The molecule has 3 rings (SSSR count). The predicted molar refractivity (Wildman–Crippen MR) is 125 cm³/mol. The van der Waals surface area contributed by atoms with Crippen LogP contribution in [0.5, 0.6) is 0 Å². The first-order valence-corrected chi connectivity index (χ1v) is 12.4. The molecule has 1 aromatic carbocycles. The van der Waals surface area contributed by atoms with Crippen LogP contribution in [0.4, 0.5) is 0 Å². The number of nitrogens with two attached hydrogens (primary N) is 1. The number of carbonyl (C=O) groups is 1. The number of thiophene rings is 1. The Morgan fingerprint density at radius 3 is 2.59 bits per heavy atom. The van der Waals surface area contributed by atoms with Gasteiger partial charge in [-0.25, -0.2) is 0 Å². The summed E-state index contributed by atoms with van der Waals surface area (Å²) in [5.74, 6) is 4.15. The van der Waals surface area contributed by atoms with Crippen molar-refractivity contribution >= 4 is 61.7 Å². The van der Waals surface area contributed by atoms with Crippen LogP contribution in [0.1, 0.15) is 40.9 Å². The molecule has 0 saturated heterocycles. The van der Waals surface area contributed by atoms with Gasteiger partial charge < -0.3 is 11.1 Å². The van der Waals surface area contributed by atoms with Gasteiger partial charge in [-0.1, -0.05) is 41.4 Å². The van der Waals surface area contributed by atoms with Gasteiger partial charge in [-0.2, -0.15) is 0 Å². The summed E-state index contributed by atoms with van der Waals surface area (Å²) in [6.07, 6.45) is 0. The number of nitrogens with zero attached hydrogens (tertiary/aromatic N) is 1. The zero-order valence-corrected chi connectivity index (χ0v) is 19.6. The van der Waals surface area contributed by atoms with Crippen molar-refractivity contribution in [3.63, 3.8) is 0 Å². The topological polar surface area (TPSA) is 84.5 Å². The van der Waals surface area contributed by atoms with Crippen molar-refractivity contribution in [2.75, 3.05) is 5.75 Å². The van der Waals surface area contributed by atoms with Crippen molar-refractivity contribution in [1.82, 2.24) is 5.32 Å². The van der Waals surface area contributed by atoms with Crippen molar-refractivity contribution in [1.29, 1.82) is 0 Å². The molecule has 0 bridgehead atoms. The van der Waals surface area contributed by atoms with Crippen molar-refractivity contribution in [2.24, 2.45) is 10.7 Å². The summed E-state index contributed by atoms with van der Waals surface area (Å²) in [6, 6.07) is 8.91. The molecule has 9 heteroatoms. The average Bonchev–Trinajstić information content (AvgIpc) is 3.02. The average molecular weight is 472 g/mol. The highest BCUT2D eigenvalue weighted by atomic mass is 35.5. The minimum Gasteiger partial charge on any atom is -0.386 e. The summed E-state index contributed by atoms with van der Waals surface area (Å²) in [7, 11) is -2.57. The number of amidine groups is 1. The second kappa shape index (κ2) is 7.61. The highest BCUT2D eigenvalue weighted by Gasteiger charge is 2.46. The van der Waals surface area contributed by atoms with Gasteiger partial charge >= 0.3 is 0 Å². The Balaban J connectivity index is 1.88. The van der Waals surface area contributed by atoms with Crippen molar-refractivity contribution < 1.29 is 9.00 Å². The van der Waals surface area contributed by atoms with Gasteiger partial charge in [0.1, 0.15) is 11.4 Å². The van der Waals surface area contributed by atoms with E-state index in [9.17, 15) is 9.00 Å². The summed E-state index contributed by atoms with van der Waals surface area (Å²) in [5, 5.41) is 3.83. The molecule has 29 heavy (non-hydrogen) atoms. The first-order valence-electron chi connectivity index (χ1n) is 8.89. The van der Waals surface area contributed by atoms with Crippen LogP contribution < -0.4 is 11.1 Å². The van der Waals surface area contributed by atoms with Gasteiger partial charge in [0.25, 0.3) is 5.91 Å². The van der Waals surface area contributed by atoms with E-state index in [0.717, 1.165) is 5.56 Å². The van der Waals surface area contributed by atoms with Crippen LogP contribution in [0, 0.1) is 0 Å². The third-order valence-electron chi connectivity index (χ3n) is 5.23.